The summed E-state index contributed by atoms with van der Waals surface area (Å²) in [4.78, 5) is 4.23. The van der Waals surface area contributed by atoms with Crippen LogP contribution in [-0.2, 0) is 5.60 Å². The molecule has 0 radical (unpaired) electrons. The molecule has 0 bridgehead atoms. The highest BCUT2D eigenvalue weighted by Gasteiger charge is 2.35. The summed E-state index contributed by atoms with van der Waals surface area (Å²) in [5, 5.41) is 11.0. The molecule has 0 amide bonds. The van der Waals surface area contributed by atoms with Crippen molar-refractivity contribution >= 4 is 33.9 Å². The van der Waals surface area contributed by atoms with Crippen molar-refractivity contribution in [3.8, 4) is 0 Å². The standard InChI is InChI=1S/C8H10INOS/c9-6-5-10-7(12-6)8(11)3-1-2-4-8/h5,11H,1-4H2. The van der Waals surface area contributed by atoms with E-state index in [0.29, 0.717) is 0 Å². The number of thiazole rings is 1. The smallest absolute Gasteiger partial charge is 0.125 e. The Balaban J connectivity index is 2.28. The molecular formula is C8H10INOS. The van der Waals surface area contributed by atoms with E-state index in [4.69, 9.17) is 0 Å². The van der Waals surface area contributed by atoms with Crippen LogP contribution in [0.15, 0.2) is 6.20 Å². The Morgan fingerprint density at radius 1 is 1.50 bits per heavy atom. The number of hydrogen-bond acceptors (Lipinski definition) is 3. The van der Waals surface area contributed by atoms with Crippen LogP contribution in [0.4, 0.5) is 0 Å². The summed E-state index contributed by atoms with van der Waals surface area (Å²) in [5.41, 5.74) is -0.589. The molecule has 4 heteroatoms. The molecule has 0 aromatic carbocycles. The summed E-state index contributed by atoms with van der Waals surface area (Å²) in [5.74, 6) is 0. The second-order valence-electron chi connectivity index (χ2n) is 3.21. The molecule has 0 saturated heterocycles. The second kappa shape index (κ2) is 3.23. The summed E-state index contributed by atoms with van der Waals surface area (Å²) < 4.78 is 1.16. The number of rotatable bonds is 1. The van der Waals surface area contributed by atoms with Gasteiger partial charge >= 0.3 is 0 Å². The Hall–Kier alpha value is 0.320. The third-order valence-corrected chi connectivity index (χ3v) is 4.22. The quantitative estimate of drug-likeness (QED) is 0.808. The summed E-state index contributed by atoms with van der Waals surface area (Å²) in [6.45, 7) is 0. The molecule has 0 atom stereocenters. The molecule has 66 valence electrons. The first-order valence-corrected chi connectivity index (χ1v) is 5.94. The van der Waals surface area contributed by atoms with Gasteiger partial charge in [0.15, 0.2) is 0 Å². The average Bonchev–Trinajstić information content (AvgIpc) is 2.59. The number of aromatic nitrogens is 1. The van der Waals surface area contributed by atoms with Gasteiger partial charge < -0.3 is 5.11 Å². The molecule has 0 aliphatic heterocycles. The van der Waals surface area contributed by atoms with Gasteiger partial charge in [0.1, 0.15) is 10.6 Å². The van der Waals surface area contributed by atoms with Gasteiger partial charge in [-0.3, -0.25) is 0 Å². The average molecular weight is 295 g/mol. The molecule has 1 saturated carbocycles. The Bertz CT molecular complexity index is 280. The normalized spacial score (nSPS) is 21.5. The molecular weight excluding hydrogens is 285 g/mol. The third-order valence-electron chi connectivity index (χ3n) is 2.31. The van der Waals surface area contributed by atoms with Crippen molar-refractivity contribution < 1.29 is 5.11 Å². The largest absolute Gasteiger partial charge is 0.383 e. The van der Waals surface area contributed by atoms with Crippen LogP contribution in [0.1, 0.15) is 30.7 Å². The van der Waals surface area contributed by atoms with E-state index in [0.717, 1.165) is 33.6 Å². The highest BCUT2D eigenvalue weighted by Crippen LogP contribution is 2.40. The zero-order valence-electron chi connectivity index (χ0n) is 6.59. The van der Waals surface area contributed by atoms with Crippen molar-refractivity contribution in [2.24, 2.45) is 0 Å². The molecule has 1 aliphatic rings. The van der Waals surface area contributed by atoms with E-state index in [1.54, 1.807) is 11.3 Å². The van der Waals surface area contributed by atoms with Gasteiger partial charge in [-0.1, -0.05) is 12.8 Å². The zero-order chi connectivity index (χ0) is 8.60. The highest BCUT2D eigenvalue weighted by molar-refractivity contribution is 14.1. The predicted octanol–water partition coefficient (Wildman–Crippen LogP) is 2.51. The van der Waals surface area contributed by atoms with E-state index in [1.165, 1.54) is 0 Å². The summed E-state index contributed by atoms with van der Waals surface area (Å²) in [6, 6.07) is 0. The van der Waals surface area contributed by atoms with Crippen LogP contribution in [0, 0.1) is 2.88 Å². The van der Waals surface area contributed by atoms with Crippen LogP contribution in [-0.4, -0.2) is 10.1 Å². The molecule has 0 unspecified atom stereocenters. The Kier molecular flexibility index (Phi) is 2.39. The van der Waals surface area contributed by atoms with E-state index in [9.17, 15) is 5.11 Å². The number of hydrogen-bond donors (Lipinski definition) is 1. The van der Waals surface area contributed by atoms with Gasteiger partial charge in [-0.2, -0.15) is 0 Å². The first-order chi connectivity index (χ1) is 5.71. The zero-order valence-corrected chi connectivity index (χ0v) is 9.56. The first kappa shape index (κ1) is 8.90. The second-order valence-corrected chi connectivity index (χ2v) is 6.13. The van der Waals surface area contributed by atoms with Crippen molar-refractivity contribution in [3.05, 3.63) is 14.1 Å². The Labute approximate surface area is 89.2 Å². The molecule has 12 heavy (non-hydrogen) atoms. The van der Waals surface area contributed by atoms with E-state index in [1.807, 2.05) is 6.20 Å². The maximum Gasteiger partial charge on any atom is 0.125 e. The van der Waals surface area contributed by atoms with Gasteiger partial charge in [-0.15, -0.1) is 11.3 Å². The van der Waals surface area contributed by atoms with Crippen molar-refractivity contribution in [1.29, 1.82) is 0 Å². The van der Waals surface area contributed by atoms with E-state index in [2.05, 4.69) is 27.6 Å². The van der Waals surface area contributed by atoms with Crippen molar-refractivity contribution in [2.45, 2.75) is 31.3 Å². The fourth-order valence-electron chi connectivity index (χ4n) is 1.64. The lowest BCUT2D eigenvalue weighted by atomic mass is 10.0. The number of halogens is 1. The summed E-state index contributed by atoms with van der Waals surface area (Å²) >= 11 is 3.85. The van der Waals surface area contributed by atoms with Crippen molar-refractivity contribution in [3.63, 3.8) is 0 Å². The van der Waals surface area contributed by atoms with Gasteiger partial charge in [-0.05, 0) is 35.4 Å². The lowest BCUT2D eigenvalue weighted by Gasteiger charge is -2.18. The molecule has 2 nitrogen and oxygen atoms in total. The molecule has 0 spiro atoms. The van der Waals surface area contributed by atoms with Crippen LogP contribution in [0.3, 0.4) is 0 Å². The van der Waals surface area contributed by atoms with Crippen LogP contribution < -0.4 is 0 Å². The van der Waals surface area contributed by atoms with Crippen LogP contribution >= 0.6 is 33.9 Å². The highest BCUT2D eigenvalue weighted by atomic mass is 127. The maximum absolute atomic E-state index is 10.1. The molecule has 1 aromatic heterocycles. The lowest BCUT2D eigenvalue weighted by molar-refractivity contribution is 0.0442. The minimum atomic E-state index is -0.589. The topological polar surface area (TPSA) is 33.1 Å². The third kappa shape index (κ3) is 1.52. The van der Waals surface area contributed by atoms with E-state index >= 15 is 0 Å². The molecule has 1 heterocycles. The Morgan fingerprint density at radius 2 is 2.17 bits per heavy atom. The van der Waals surface area contributed by atoms with Crippen molar-refractivity contribution in [2.75, 3.05) is 0 Å². The molecule has 1 aliphatic carbocycles. The molecule has 2 rings (SSSR count). The minimum Gasteiger partial charge on any atom is -0.383 e. The maximum atomic E-state index is 10.1. The summed E-state index contributed by atoms with van der Waals surface area (Å²) in [7, 11) is 0. The van der Waals surface area contributed by atoms with Gasteiger partial charge in [0.25, 0.3) is 0 Å². The fraction of sp³-hybridized carbons (Fsp3) is 0.625. The van der Waals surface area contributed by atoms with Crippen molar-refractivity contribution in [1.82, 2.24) is 4.98 Å². The monoisotopic (exact) mass is 295 g/mol. The molecule has 1 aromatic rings. The molecule has 1 fully saturated rings. The first-order valence-electron chi connectivity index (χ1n) is 4.05. The predicted molar refractivity (Wildman–Crippen MR) is 57.2 cm³/mol. The van der Waals surface area contributed by atoms with E-state index < -0.39 is 5.60 Å². The summed E-state index contributed by atoms with van der Waals surface area (Å²) in [6.07, 6.45) is 5.86. The van der Waals surface area contributed by atoms with Gasteiger partial charge in [-0.25, -0.2) is 4.98 Å². The van der Waals surface area contributed by atoms with Crippen LogP contribution in [0.25, 0.3) is 0 Å². The number of aliphatic hydroxyl groups is 1. The van der Waals surface area contributed by atoms with Gasteiger partial charge in [0, 0.05) is 0 Å². The Morgan fingerprint density at radius 3 is 2.67 bits per heavy atom. The van der Waals surface area contributed by atoms with Crippen LogP contribution in [0.2, 0.25) is 0 Å². The fourth-order valence-corrected chi connectivity index (χ4v) is 3.20. The molecule has 1 N–H and O–H groups in total. The lowest BCUT2D eigenvalue weighted by Crippen LogP contribution is -2.20. The van der Waals surface area contributed by atoms with Gasteiger partial charge in [0.05, 0.1) is 9.08 Å². The van der Waals surface area contributed by atoms with E-state index in [-0.39, 0.29) is 0 Å². The van der Waals surface area contributed by atoms with Gasteiger partial charge in [0.2, 0.25) is 0 Å². The minimum absolute atomic E-state index is 0.589. The van der Waals surface area contributed by atoms with Crippen LogP contribution in [0.5, 0.6) is 0 Å². The SMILES string of the molecule is OC1(c2ncc(I)s2)CCCC1. The number of nitrogens with zero attached hydrogens (tertiary/aromatic N) is 1.